The average molecular weight is 403 g/mol. The van der Waals surface area contributed by atoms with Gasteiger partial charge in [-0.3, -0.25) is 0 Å². The number of amidine groups is 1. The number of piperidine rings is 1. The van der Waals surface area contributed by atoms with Crippen molar-refractivity contribution < 1.29 is 0 Å². The van der Waals surface area contributed by atoms with Gasteiger partial charge in [-0.05, 0) is 55.7 Å². The third-order valence-electron chi connectivity index (χ3n) is 5.49. The number of para-hydroxylation sites is 1. The number of benzene rings is 1. The number of fused-ring (bicyclic) bond motifs is 2. The van der Waals surface area contributed by atoms with Crippen LogP contribution in [0.2, 0.25) is 0 Å². The van der Waals surface area contributed by atoms with Gasteiger partial charge < -0.3 is 26.3 Å². The van der Waals surface area contributed by atoms with Gasteiger partial charge in [-0.1, -0.05) is 30.9 Å². The molecule has 5 N–H and O–H groups in total. The number of hydrogen-bond acceptors (Lipinski definition) is 5. The van der Waals surface area contributed by atoms with Crippen LogP contribution in [-0.2, 0) is 6.42 Å². The predicted octanol–water partition coefficient (Wildman–Crippen LogP) is 3.42. The lowest BCUT2D eigenvalue weighted by atomic mass is 10.0. The van der Waals surface area contributed by atoms with Crippen LogP contribution in [0.1, 0.15) is 25.3 Å². The fourth-order valence-corrected chi connectivity index (χ4v) is 3.90. The van der Waals surface area contributed by atoms with Crippen LogP contribution in [0.3, 0.4) is 0 Å². The first-order valence-electron chi connectivity index (χ1n) is 10.6. The van der Waals surface area contributed by atoms with E-state index >= 15 is 0 Å². The summed E-state index contributed by atoms with van der Waals surface area (Å²) >= 11 is 0. The molecule has 2 aromatic rings. The minimum absolute atomic E-state index is 0.0849. The second-order valence-corrected chi connectivity index (χ2v) is 7.59. The number of aromatic nitrogens is 1. The van der Waals surface area contributed by atoms with Crippen LogP contribution < -0.4 is 21.3 Å². The smallest absolute Gasteiger partial charge is 0.144 e. The summed E-state index contributed by atoms with van der Waals surface area (Å²) in [6.45, 7) is 7.58. The quantitative estimate of drug-likeness (QED) is 0.439. The first kappa shape index (κ1) is 19.9. The average Bonchev–Trinajstić information content (AvgIpc) is 3.19. The standard InChI is InChI=1S/C24H30N6/c1-3-25-13-6-8-17(2)22-29-23-20(10-7-14-26-23)24(30-22)27-15-12-18-16-28-21-11-5-4-9-19(18)21/h3-6,8-9,11,13,16,22,25,27-28,30H,1,7,10,12,14-15H2,2H3,(H,26,29)/b13-6-,17-8+. The molecule has 4 rings (SSSR count). The summed E-state index contributed by atoms with van der Waals surface area (Å²) in [6.07, 6.45) is 12.7. The molecule has 30 heavy (non-hydrogen) atoms. The minimum atomic E-state index is -0.0849. The van der Waals surface area contributed by atoms with Crippen molar-refractivity contribution in [3.8, 4) is 0 Å². The molecular formula is C24H30N6. The fourth-order valence-electron chi connectivity index (χ4n) is 3.90. The molecule has 2 aliphatic rings. The second kappa shape index (κ2) is 9.39. The van der Waals surface area contributed by atoms with Gasteiger partial charge in [-0.25, -0.2) is 4.99 Å². The number of nitrogens with zero attached hydrogens (tertiary/aromatic N) is 1. The highest BCUT2D eigenvalue weighted by Crippen LogP contribution is 2.22. The SMILES string of the molecule is C=CN/C=C\C=C(/C)C1N=C2NCCCC2=C(NCCc2c[nH]c3ccccc23)N1. The first-order valence-corrected chi connectivity index (χ1v) is 10.6. The van der Waals surface area contributed by atoms with E-state index in [1.54, 1.807) is 6.20 Å². The van der Waals surface area contributed by atoms with Crippen molar-refractivity contribution in [3.63, 3.8) is 0 Å². The van der Waals surface area contributed by atoms with E-state index in [1.807, 2.05) is 12.3 Å². The lowest BCUT2D eigenvalue weighted by molar-refractivity contribution is 0.567. The third kappa shape index (κ3) is 4.43. The summed E-state index contributed by atoms with van der Waals surface area (Å²) in [7, 11) is 0. The van der Waals surface area contributed by atoms with E-state index < -0.39 is 0 Å². The van der Waals surface area contributed by atoms with Gasteiger partial charge in [-0.15, -0.1) is 0 Å². The molecule has 0 saturated carbocycles. The lowest BCUT2D eigenvalue weighted by Gasteiger charge is -2.32. The molecule has 6 heteroatoms. The van der Waals surface area contributed by atoms with Crippen LogP contribution in [0.5, 0.6) is 0 Å². The largest absolute Gasteiger partial charge is 0.371 e. The van der Waals surface area contributed by atoms with Crippen LogP contribution in [0, 0.1) is 0 Å². The van der Waals surface area contributed by atoms with Crippen LogP contribution in [0.25, 0.3) is 10.9 Å². The van der Waals surface area contributed by atoms with E-state index in [9.17, 15) is 0 Å². The van der Waals surface area contributed by atoms with Crippen LogP contribution in [-0.4, -0.2) is 30.1 Å². The molecule has 6 nitrogen and oxygen atoms in total. The minimum Gasteiger partial charge on any atom is -0.371 e. The molecule has 0 bridgehead atoms. The summed E-state index contributed by atoms with van der Waals surface area (Å²) in [4.78, 5) is 8.26. The van der Waals surface area contributed by atoms with E-state index in [0.717, 1.165) is 49.6 Å². The Kier molecular flexibility index (Phi) is 6.23. The lowest BCUT2D eigenvalue weighted by Crippen LogP contribution is -2.46. The van der Waals surface area contributed by atoms with Gasteiger partial charge in [0.05, 0.1) is 0 Å². The molecule has 2 aliphatic heterocycles. The van der Waals surface area contributed by atoms with E-state index in [-0.39, 0.29) is 6.17 Å². The summed E-state index contributed by atoms with van der Waals surface area (Å²) in [5.41, 5.74) is 4.93. The van der Waals surface area contributed by atoms with Gasteiger partial charge in [0.25, 0.3) is 0 Å². The Hall–Kier alpha value is -3.41. The number of H-pyrrole nitrogens is 1. The van der Waals surface area contributed by atoms with Crippen molar-refractivity contribution in [1.82, 2.24) is 26.3 Å². The molecule has 1 aromatic carbocycles. The molecule has 0 radical (unpaired) electrons. The Morgan fingerprint density at radius 1 is 1.33 bits per heavy atom. The number of aromatic amines is 1. The molecule has 3 heterocycles. The zero-order valence-electron chi connectivity index (χ0n) is 17.5. The van der Waals surface area contributed by atoms with Crippen molar-refractivity contribution in [2.45, 2.75) is 32.4 Å². The summed E-state index contributed by atoms with van der Waals surface area (Å²) in [5, 5.41) is 15.0. The highest BCUT2D eigenvalue weighted by molar-refractivity contribution is 6.00. The van der Waals surface area contributed by atoms with Gasteiger partial charge in [-0.2, -0.15) is 0 Å². The molecule has 0 amide bonds. The normalized spacial score (nSPS) is 19.2. The van der Waals surface area contributed by atoms with Crippen molar-refractivity contribution >= 4 is 16.7 Å². The summed E-state index contributed by atoms with van der Waals surface area (Å²) in [5.74, 6) is 2.11. The Labute approximate surface area is 177 Å². The molecule has 1 unspecified atom stereocenters. The van der Waals surface area contributed by atoms with Crippen molar-refractivity contribution in [2.24, 2.45) is 4.99 Å². The molecule has 0 aliphatic carbocycles. The molecule has 156 valence electrons. The van der Waals surface area contributed by atoms with Gasteiger partial charge in [0.2, 0.25) is 0 Å². The van der Waals surface area contributed by atoms with Gasteiger partial charge in [0.1, 0.15) is 17.8 Å². The highest BCUT2D eigenvalue weighted by Gasteiger charge is 2.25. The maximum Gasteiger partial charge on any atom is 0.144 e. The molecule has 0 spiro atoms. The van der Waals surface area contributed by atoms with E-state index in [0.29, 0.717) is 0 Å². The predicted molar refractivity (Wildman–Crippen MR) is 125 cm³/mol. The van der Waals surface area contributed by atoms with Crippen LogP contribution in [0.15, 0.2) is 83.6 Å². The Morgan fingerprint density at radius 2 is 2.23 bits per heavy atom. The maximum atomic E-state index is 4.90. The van der Waals surface area contributed by atoms with Crippen molar-refractivity contribution in [3.05, 3.63) is 84.1 Å². The zero-order valence-corrected chi connectivity index (χ0v) is 17.5. The maximum absolute atomic E-state index is 4.90. The number of allylic oxidation sites excluding steroid dienone is 2. The first-order chi connectivity index (χ1) is 14.8. The molecule has 1 atom stereocenters. The Morgan fingerprint density at radius 3 is 3.13 bits per heavy atom. The highest BCUT2D eigenvalue weighted by atomic mass is 15.2. The van der Waals surface area contributed by atoms with Gasteiger partial charge in [0, 0.05) is 42.0 Å². The van der Waals surface area contributed by atoms with Crippen molar-refractivity contribution in [1.29, 1.82) is 0 Å². The second-order valence-electron chi connectivity index (χ2n) is 7.59. The van der Waals surface area contributed by atoms with E-state index in [2.05, 4.69) is 76.3 Å². The van der Waals surface area contributed by atoms with Crippen LogP contribution >= 0.6 is 0 Å². The van der Waals surface area contributed by atoms with E-state index in [4.69, 9.17) is 4.99 Å². The third-order valence-corrected chi connectivity index (χ3v) is 5.49. The summed E-state index contributed by atoms with van der Waals surface area (Å²) < 4.78 is 0. The summed E-state index contributed by atoms with van der Waals surface area (Å²) in [6, 6.07) is 8.45. The molecular weight excluding hydrogens is 372 g/mol. The van der Waals surface area contributed by atoms with Crippen molar-refractivity contribution in [2.75, 3.05) is 13.1 Å². The number of hydrogen-bond donors (Lipinski definition) is 5. The Bertz CT molecular complexity index is 1020. The molecule has 1 aromatic heterocycles. The van der Waals surface area contributed by atoms with Gasteiger partial charge >= 0.3 is 0 Å². The van der Waals surface area contributed by atoms with Crippen LogP contribution in [0.4, 0.5) is 0 Å². The number of aliphatic imine (C=N–C) groups is 1. The molecule has 1 fully saturated rings. The Balaban J connectivity index is 1.45. The zero-order chi connectivity index (χ0) is 20.8. The number of rotatable bonds is 8. The fraction of sp³-hybridized carbons (Fsp3) is 0.292. The van der Waals surface area contributed by atoms with Gasteiger partial charge in [0.15, 0.2) is 0 Å². The monoisotopic (exact) mass is 402 g/mol. The molecule has 1 saturated heterocycles. The number of nitrogens with one attached hydrogen (secondary N) is 5. The topological polar surface area (TPSA) is 76.3 Å². The van der Waals surface area contributed by atoms with E-state index in [1.165, 1.54) is 22.0 Å².